The normalized spacial score (nSPS) is 11.2. The highest BCUT2D eigenvalue weighted by Crippen LogP contribution is 2.30. The zero-order valence-corrected chi connectivity index (χ0v) is 14.1. The van der Waals surface area contributed by atoms with Crippen LogP contribution >= 0.6 is 23.2 Å². The molecule has 23 heavy (non-hydrogen) atoms. The predicted molar refractivity (Wildman–Crippen MR) is 86.5 cm³/mol. The third-order valence-corrected chi connectivity index (χ3v) is 3.57. The number of ether oxygens (including phenoxy) is 2. The molecule has 8 heteroatoms. The molecule has 2 rings (SSSR count). The van der Waals surface area contributed by atoms with Gasteiger partial charge in [0.1, 0.15) is 11.3 Å². The van der Waals surface area contributed by atoms with Gasteiger partial charge in [0.25, 0.3) is 0 Å². The third-order valence-electron chi connectivity index (χ3n) is 3.03. The van der Waals surface area contributed by atoms with E-state index >= 15 is 0 Å². The van der Waals surface area contributed by atoms with Crippen molar-refractivity contribution in [3.63, 3.8) is 0 Å². The number of nitrogens with zero attached hydrogens (tertiary/aromatic N) is 2. The van der Waals surface area contributed by atoms with Crippen LogP contribution in [0.4, 0.5) is 0 Å². The van der Waals surface area contributed by atoms with Gasteiger partial charge in [-0.2, -0.15) is 5.10 Å². The van der Waals surface area contributed by atoms with Gasteiger partial charge in [-0.1, -0.05) is 23.2 Å². The number of carboxylic acid groups (broad SMARTS) is 1. The number of carbonyl (C=O) groups is 1. The molecule has 2 aromatic rings. The number of benzene rings is 1. The zero-order chi connectivity index (χ0) is 17.0. The topological polar surface area (TPSA) is 73.6 Å². The van der Waals surface area contributed by atoms with Crippen LogP contribution in [0.5, 0.6) is 0 Å². The van der Waals surface area contributed by atoms with Crippen LogP contribution in [0.15, 0.2) is 24.4 Å². The summed E-state index contributed by atoms with van der Waals surface area (Å²) in [7, 11) is 0. The summed E-state index contributed by atoms with van der Waals surface area (Å²) in [5, 5.41) is 14.3. The van der Waals surface area contributed by atoms with E-state index in [1.165, 1.54) is 10.9 Å². The fourth-order valence-electron chi connectivity index (χ4n) is 2.10. The van der Waals surface area contributed by atoms with Crippen LogP contribution in [0, 0.1) is 0 Å². The summed E-state index contributed by atoms with van der Waals surface area (Å²) in [5.74, 6) is -1.12. The number of aromatic nitrogens is 2. The van der Waals surface area contributed by atoms with E-state index in [-0.39, 0.29) is 11.3 Å². The maximum Gasteiger partial charge on any atom is 0.339 e. The van der Waals surface area contributed by atoms with Gasteiger partial charge in [-0.3, -0.25) is 0 Å². The van der Waals surface area contributed by atoms with Crippen LogP contribution in [0.25, 0.3) is 5.69 Å². The molecule has 0 amide bonds. The van der Waals surface area contributed by atoms with Crippen LogP contribution in [-0.4, -0.2) is 34.1 Å². The average molecular weight is 359 g/mol. The van der Waals surface area contributed by atoms with Crippen molar-refractivity contribution in [1.82, 2.24) is 9.78 Å². The Labute approximate surface area is 143 Å². The first-order valence-electron chi connectivity index (χ1n) is 6.99. The van der Waals surface area contributed by atoms with E-state index in [4.69, 9.17) is 32.7 Å². The molecule has 0 bridgehead atoms. The Morgan fingerprint density at radius 1 is 1.30 bits per heavy atom. The molecule has 0 aliphatic heterocycles. The van der Waals surface area contributed by atoms with Crippen molar-refractivity contribution >= 4 is 29.2 Å². The second-order valence-electron chi connectivity index (χ2n) is 4.50. The molecule has 0 aliphatic carbocycles. The van der Waals surface area contributed by atoms with Crippen LogP contribution in [0.2, 0.25) is 10.0 Å². The van der Waals surface area contributed by atoms with Gasteiger partial charge in [0.05, 0.1) is 16.9 Å². The van der Waals surface area contributed by atoms with E-state index in [1.807, 2.05) is 0 Å². The van der Waals surface area contributed by atoms with Gasteiger partial charge in [-0.05, 0) is 32.0 Å². The van der Waals surface area contributed by atoms with Crippen molar-refractivity contribution in [3.8, 4) is 5.69 Å². The van der Waals surface area contributed by atoms with Crippen molar-refractivity contribution in [2.45, 2.75) is 20.1 Å². The van der Waals surface area contributed by atoms with E-state index in [2.05, 4.69) is 5.10 Å². The zero-order valence-electron chi connectivity index (χ0n) is 12.6. The van der Waals surface area contributed by atoms with E-state index < -0.39 is 12.3 Å². The van der Waals surface area contributed by atoms with Crippen molar-refractivity contribution in [3.05, 3.63) is 45.7 Å². The van der Waals surface area contributed by atoms with E-state index in [9.17, 15) is 9.90 Å². The van der Waals surface area contributed by atoms with E-state index in [0.29, 0.717) is 28.9 Å². The standard InChI is InChI=1S/C15H16Cl2N2O4/c1-3-22-15(23-4-2)13-10(14(20)21)8-18-19(13)12-6-5-9(16)7-11(12)17/h5-8,15H,3-4H2,1-2H3,(H,20,21). The largest absolute Gasteiger partial charge is 0.478 e. The van der Waals surface area contributed by atoms with E-state index in [0.717, 1.165) is 0 Å². The molecule has 0 fully saturated rings. The molecule has 124 valence electrons. The first-order valence-corrected chi connectivity index (χ1v) is 7.75. The molecule has 0 saturated carbocycles. The molecule has 0 radical (unpaired) electrons. The Kier molecular flexibility index (Phi) is 6.01. The Morgan fingerprint density at radius 3 is 2.48 bits per heavy atom. The number of carboxylic acids is 1. The Morgan fingerprint density at radius 2 is 1.96 bits per heavy atom. The first kappa shape index (κ1) is 17.7. The molecular weight excluding hydrogens is 343 g/mol. The highest BCUT2D eigenvalue weighted by Gasteiger charge is 2.27. The van der Waals surface area contributed by atoms with Gasteiger partial charge >= 0.3 is 5.97 Å². The fraction of sp³-hybridized carbons (Fsp3) is 0.333. The molecule has 0 atom stereocenters. The Balaban J connectivity index is 2.62. The first-order chi connectivity index (χ1) is 11.0. The van der Waals surface area contributed by atoms with E-state index in [1.54, 1.807) is 32.0 Å². The lowest BCUT2D eigenvalue weighted by molar-refractivity contribution is -0.144. The Bertz CT molecular complexity index is 697. The molecule has 1 N–H and O–H groups in total. The molecule has 1 aromatic carbocycles. The summed E-state index contributed by atoms with van der Waals surface area (Å²) in [5.41, 5.74) is 0.747. The number of halogens is 2. The van der Waals surface area contributed by atoms with Crippen molar-refractivity contribution in [2.75, 3.05) is 13.2 Å². The minimum Gasteiger partial charge on any atom is -0.478 e. The third kappa shape index (κ3) is 3.84. The summed E-state index contributed by atoms with van der Waals surface area (Å²) < 4.78 is 12.5. The van der Waals surface area contributed by atoms with Crippen LogP contribution in [0.3, 0.4) is 0 Å². The number of rotatable bonds is 7. The molecule has 6 nitrogen and oxygen atoms in total. The maximum absolute atomic E-state index is 11.5. The molecule has 0 unspecified atom stereocenters. The monoisotopic (exact) mass is 358 g/mol. The summed E-state index contributed by atoms with van der Waals surface area (Å²) in [6.45, 7) is 4.29. The van der Waals surface area contributed by atoms with Gasteiger partial charge in [0.2, 0.25) is 6.29 Å². The highest BCUT2D eigenvalue weighted by molar-refractivity contribution is 6.35. The molecular formula is C15H16Cl2N2O4. The smallest absolute Gasteiger partial charge is 0.339 e. The van der Waals surface area contributed by atoms with Gasteiger partial charge < -0.3 is 14.6 Å². The predicted octanol–water partition coefficient (Wildman–Crippen LogP) is 3.95. The number of aromatic carboxylic acids is 1. The molecule has 0 saturated heterocycles. The van der Waals surface area contributed by atoms with Gasteiger partial charge in [0.15, 0.2) is 0 Å². The van der Waals surface area contributed by atoms with Gasteiger partial charge in [-0.15, -0.1) is 0 Å². The van der Waals surface area contributed by atoms with Crippen molar-refractivity contribution < 1.29 is 19.4 Å². The molecule has 0 spiro atoms. The lowest BCUT2D eigenvalue weighted by Crippen LogP contribution is -2.17. The van der Waals surface area contributed by atoms with Gasteiger partial charge in [0, 0.05) is 18.2 Å². The number of hydrogen-bond acceptors (Lipinski definition) is 4. The van der Waals surface area contributed by atoms with Crippen LogP contribution in [-0.2, 0) is 9.47 Å². The molecule has 1 heterocycles. The lowest BCUT2D eigenvalue weighted by Gasteiger charge is -2.19. The second-order valence-corrected chi connectivity index (χ2v) is 5.34. The highest BCUT2D eigenvalue weighted by atomic mass is 35.5. The quantitative estimate of drug-likeness (QED) is 0.758. The number of hydrogen-bond donors (Lipinski definition) is 1. The average Bonchev–Trinajstić information content (AvgIpc) is 2.91. The Hall–Kier alpha value is -1.60. The van der Waals surface area contributed by atoms with Crippen LogP contribution < -0.4 is 0 Å². The van der Waals surface area contributed by atoms with Crippen molar-refractivity contribution in [1.29, 1.82) is 0 Å². The minimum atomic E-state index is -1.12. The SMILES string of the molecule is CCOC(OCC)c1c(C(=O)O)cnn1-c1ccc(Cl)cc1Cl. The molecule has 0 aliphatic rings. The second kappa shape index (κ2) is 7.79. The summed E-state index contributed by atoms with van der Waals surface area (Å²) in [6.07, 6.45) is 0.374. The summed E-state index contributed by atoms with van der Waals surface area (Å²) in [4.78, 5) is 11.5. The lowest BCUT2D eigenvalue weighted by atomic mass is 10.2. The van der Waals surface area contributed by atoms with Crippen molar-refractivity contribution in [2.24, 2.45) is 0 Å². The molecule has 1 aromatic heterocycles. The summed E-state index contributed by atoms with van der Waals surface area (Å²) >= 11 is 12.1. The maximum atomic E-state index is 11.5. The fourth-order valence-corrected chi connectivity index (χ4v) is 2.59. The summed E-state index contributed by atoms with van der Waals surface area (Å²) in [6, 6.07) is 4.85. The van der Waals surface area contributed by atoms with Gasteiger partial charge in [-0.25, -0.2) is 9.48 Å². The van der Waals surface area contributed by atoms with Crippen LogP contribution in [0.1, 0.15) is 36.2 Å². The minimum absolute atomic E-state index is 0.0112.